The number of nitrogens with zero attached hydrogens (tertiary/aromatic N) is 1. The van der Waals surface area contributed by atoms with Crippen molar-refractivity contribution in [3.05, 3.63) is 0 Å². The molecule has 0 aromatic rings. The summed E-state index contributed by atoms with van der Waals surface area (Å²) < 4.78 is 0. The SMILES string of the molecule is CC(C)C1NC(C(C)C)N(C(C2CC2)C2CC2)C1=O. The van der Waals surface area contributed by atoms with Crippen LogP contribution in [0.1, 0.15) is 53.4 Å². The van der Waals surface area contributed by atoms with E-state index in [0.29, 0.717) is 23.8 Å². The third-order valence-corrected chi connectivity index (χ3v) is 5.00. The molecule has 1 amide bonds. The van der Waals surface area contributed by atoms with Gasteiger partial charge in [-0.3, -0.25) is 10.1 Å². The topological polar surface area (TPSA) is 32.3 Å². The molecule has 0 spiro atoms. The summed E-state index contributed by atoms with van der Waals surface area (Å²) in [6, 6.07) is 0.573. The van der Waals surface area contributed by atoms with Gasteiger partial charge in [0.1, 0.15) is 0 Å². The Kier molecular flexibility index (Phi) is 3.36. The van der Waals surface area contributed by atoms with Crippen molar-refractivity contribution in [2.24, 2.45) is 23.7 Å². The maximum atomic E-state index is 12.8. The highest BCUT2D eigenvalue weighted by Gasteiger charge is 2.52. The second kappa shape index (κ2) is 4.76. The monoisotopic (exact) mass is 264 g/mol. The molecule has 1 saturated heterocycles. The summed E-state index contributed by atoms with van der Waals surface area (Å²) in [5.41, 5.74) is 0. The second-order valence-corrected chi connectivity index (χ2v) is 7.49. The van der Waals surface area contributed by atoms with Gasteiger partial charge in [0.05, 0.1) is 12.2 Å². The molecule has 2 atom stereocenters. The van der Waals surface area contributed by atoms with Gasteiger partial charge in [-0.05, 0) is 49.4 Å². The Morgan fingerprint density at radius 3 is 1.89 bits per heavy atom. The Morgan fingerprint density at radius 1 is 1.00 bits per heavy atom. The van der Waals surface area contributed by atoms with Crippen molar-refractivity contribution in [2.75, 3.05) is 0 Å². The Labute approximate surface area is 117 Å². The number of rotatable bonds is 5. The van der Waals surface area contributed by atoms with Crippen molar-refractivity contribution in [3.8, 4) is 0 Å². The third-order valence-electron chi connectivity index (χ3n) is 5.00. The number of nitrogens with one attached hydrogen (secondary N) is 1. The fraction of sp³-hybridized carbons (Fsp3) is 0.938. The molecule has 2 saturated carbocycles. The van der Waals surface area contributed by atoms with Gasteiger partial charge in [-0.25, -0.2) is 0 Å². The zero-order chi connectivity index (χ0) is 13.7. The average molecular weight is 264 g/mol. The molecule has 1 N–H and O–H groups in total. The Balaban J connectivity index is 1.84. The molecule has 0 bridgehead atoms. The van der Waals surface area contributed by atoms with Gasteiger partial charge in [0.25, 0.3) is 0 Å². The van der Waals surface area contributed by atoms with Gasteiger partial charge in [-0.2, -0.15) is 0 Å². The van der Waals surface area contributed by atoms with E-state index in [1.807, 2.05) is 0 Å². The quantitative estimate of drug-likeness (QED) is 0.828. The molecule has 2 unspecified atom stereocenters. The summed E-state index contributed by atoms with van der Waals surface area (Å²) in [7, 11) is 0. The van der Waals surface area contributed by atoms with Crippen LogP contribution in [0.15, 0.2) is 0 Å². The minimum Gasteiger partial charge on any atom is -0.322 e. The first-order valence-electron chi connectivity index (χ1n) is 8.09. The lowest BCUT2D eigenvalue weighted by Gasteiger charge is -2.35. The highest BCUT2D eigenvalue weighted by Crippen LogP contribution is 2.49. The van der Waals surface area contributed by atoms with Crippen molar-refractivity contribution in [1.29, 1.82) is 0 Å². The Bertz CT molecular complexity index is 346. The minimum atomic E-state index is 0.0346. The van der Waals surface area contributed by atoms with Crippen LogP contribution in [0.2, 0.25) is 0 Å². The standard InChI is InChI=1S/C16H28N2O/c1-9(2)13-16(19)18(15(17-13)10(3)4)14(11-5-6-11)12-7-8-12/h9-15,17H,5-8H2,1-4H3. The normalized spacial score (nSPS) is 32.2. The van der Waals surface area contributed by atoms with Crippen LogP contribution in [0.3, 0.4) is 0 Å². The molecule has 0 radical (unpaired) electrons. The lowest BCUT2D eigenvalue weighted by atomic mass is 10.0. The highest BCUT2D eigenvalue weighted by molar-refractivity contribution is 5.85. The predicted octanol–water partition coefficient (Wildman–Crippen LogP) is 2.61. The zero-order valence-electron chi connectivity index (χ0n) is 12.7. The van der Waals surface area contributed by atoms with Gasteiger partial charge in [-0.15, -0.1) is 0 Å². The van der Waals surface area contributed by atoms with E-state index < -0.39 is 0 Å². The van der Waals surface area contributed by atoms with E-state index in [1.54, 1.807) is 0 Å². The van der Waals surface area contributed by atoms with Gasteiger partial charge in [0.2, 0.25) is 5.91 Å². The Hall–Kier alpha value is -0.570. The van der Waals surface area contributed by atoms with E-state index >= 15 is 0 Å². The first kappa shape index (κ1) is 13.4. The smallest absolute Gasteiger partial charge is 0.241 e. The van der Waals surface area contributed by atoms with E-state index in [2.05, 4.69) is 37.9 Å². The first-order chi connectivity index (χ1) is 9.00. The molecular formula is C16H28N2O. The van der Waals surface area contributed by atoms with E-state index in [4.69, 9.17) is 0 Å². The average Bonchev–Trinajstić information content (AvgIpc) is 3.21. The molecule has 3 fully saturated rings. The van der Waals surface area contributed by atoms with Crippen LogP contribution in [0.4, 0.5) is 0 Å². The first-order valence-corrected chi connectivity index (χ1v) is 8.09. The minimum absolute atomic E-state index is 0.0346. The highest BCUT2D eigenvalue weighted by atomic mass is 16.2. The van der Waals surface area contributed by atoms with E-state index in [-0.39, 0.29) is 12.2 Å². The van der Waals surface area contributed by atoms with Crippen LogP contribution in [-0.4, -0.2) is 29.1 Å². The summed E-state index contributed by atoms with van der Waals surface area (Å²) in [5.74, 6) is 2.85. The lowest BCUT2D eigenvalue weighted by molar-refractivity contribution is -0.134. The largest absolute Gasteiger partial charge is 0.322 e. The second-order valence-electron chi connectivity index (χ2n) is 7.49. The summed E-state index contributed by atoms with van der Waals surface area (Å²) >= 11 is 0. The number of amides is 1. The van der Waals surface area contributed by atoms with Gasteiger partial charge < -0.3 is 4.90 Å². The molecule has 1 heterocycles. The molecule has 108 valence electrons. The fourth-order valence-corrected chi connectivity index (χ4v) is 3.67. The lowest BCUT2D eigenvalue weighted by Crippen LogP contribution is -2.49. The van der Waals surface area contributed by atoms with Crippen LogP contribution < -0.4 is 5.32 Å². The Morgan fingerprint density at radius 2 is 1.53 bits per heavy atom. The number of carbonyl (C=O) groups is 1. The van der Waals surface area contributed by atoms with Crippen LogP contribution in [0.25, 0.3) is 0 Å². The summed E-state index contributed by atoms with van der Waals surface area (Å²) in [4.78, 5) is 15.1. The number of hydrogen-bond donors (Lipinski definition) is 1. The summed E-state index contributed by atoms with van der Waals surface area (Å²) in [5, 5.41) is 3.61. The molecular weight excluding hydrogens is 236 g/mol. The molecule has 3 aliphatic rings. The van der Waals surface area contributed by atoms with E-state index in [1.165, 1.54) is 25.7 Å². The van der Waals surface area contributed by atoms with Crippen molar-refractivity contribution >= 4 is 5.91 Å². The fourth-order valence-electron chi connectivity index (χ4n) is 3.67. The van der Waals surface area contributed by atoms with Crippen LogP contribution >= 0.6 is 0 Å². The maximum Gasteiger partial charge on any atom is 0.241 e. The van der Waals surface area contributed by atoms with Crippen LogP contribution in [0, 0.1) is 23.7 Å². The van der Waals surface area contributed by atoms with Gasteiger partial charge in [0.15, 0.2) is 0 Å². The summed E-state index contributed by atoms with van der Waals surface area (Å²) in [6.07, 6.45) is 5.60. The van der Waals surface area contributed by atoms with Gasteiger partial charge in [-0.1, -0.05) is 27.7 Å². The van der Waals surface area contributed by atoms with E-state index in [9.17, 15) is 4.79 Å². The molecule has 1 aliphatic heterocycles. The third kappa shape index (κ3) is 2.42. The zero-order valence-corrected chi connectivity index (χ0v) is 12.7. The van der Waals surface area contributed by atoms with Crippen molar-refractivity contribution in [3.63, 3.8) is 0 Å². The molecule has 3 nitrogen and oxygen atoms in total. The molecule has 0 aromatic carbocycles. The maximum absolute atomic E-state index is 12.8. The number of carbonyl (C=O) groups excluding carboxylic acids is 1. The molecule has 3 rings (SSSR count). The molecule has 2 aliphatic carbocycles. The molecule has 3 heteroatoms. The number of hydrogen-bond acceptors (Lipinski definition) is 2. The van der Waals surface area contributed by atoms with Crippen LogP contribution in [-0.2, 0) is 4.79 Å². The predicted molar refractivity (Wildman–Crippen MR) is 76.5 cm³/mol. The van der Waals surface area contributed by atoms with Crippen molar-refractivity contribution in [2.45, 2.75) is 71.6 Å². The molecule has 0 aromatic heterocycles. The van der Waals surface area contributed by atoms with E-state index in [0.717, 1.165) is 11.8 Å². The van der Waals surface area contributed by atoms with Crippen LogP contribution in [0.5, 0.6) is 0 Å². The molecule has 19 heavy (non-hydrogen) atoms. The van der Waals surface area contributed by atoms with Crippen molar-refractivity contribution < 1.29 is 4.79 Å². The van der Waals surface area contributed by atoms with Gasteiger partial charge in [0, 0.05) is 6.04 Å². The van der Waals surface area contributed by atoms with Crippen molar-refractivity contribution in [1.82, 2.24) is 10.2 Å². The van der Waals surface area contributed by atoms with Gasteiger partial charge >= 0.3 is 0 Å². The summed E-state index contributed by atoms with van der Waals surface area (Å²) in [6.45, 7) is 8.77.